The molecule has 1 N–H and O–H groups in total. The Balaban J connectivity index is 2.04. The molecule has 1 aromatic carbocycles. The second-order valence-corrected chi connectivity index (χ2v) is 4.81. The van der Waals surface area contributed by atoms with Crippen molar-refractivity contribution in [3.05, 3.63) is 29.8 Å². The molecular formula is C14H21NO2. The van der Waals surface area contributed by atoms with Crippen LogP contribution >= 0.6 is 0 Å². The predicted molar refractivity (Wildman–Crippen MR) is 68.0 cm³/mol. The smallest absolute Gasteiger partial charge is 0.115 e. The molecular weight excluding hydrogens is 214 g/mol. The number of morpholine rings is 1. The number of phenols is 1. The topological polar surface area (TPSA) is 32.7 Å². The lowest BCUT2D eigenvalue weighted by Gasteiger charge is -2.38. The number of aromatic hydroxyl groups is 1. The van der Waals surface area contributed by atoms with Gasteiger partial charge in [-0.2, -0.15) is 0 Å². The summed E-state index contributed by atoms with van der Waals surface area (Å²) in [7, 11) is 0. The van der Waals surface area contributed by atoms with Crippen LogP contribution in [0.5, 0.6) is 5.75 Å². The molecule has 2 unspecified atom stereocenters. The fraction of sp³-hybridized carbons (Fsp3) is 0.571. The van der Waals surface area contributed by atoms with Crippen molar-refractivity contribution in [2.45, 2.75) is 39.0 Å². The van der Waals surface area contributed by atoms with Crippen molar-refractivity contribution in [3.63, 3.8) is 0 Å². The summed E-state index contributed by atoms with van der Waals surface area (Å²) in [5.74, 6) is 0.344. The van der Waals surface area contributed by atoms with Crippen molar-refractivity contribution in [2.24, 2.45) is 0 Å². The summed E-state index contributed by atoms with van der Waals surface area (Å²) in [6, 6.07) is 8.01. The lowest BCUT2D eigenvalue weighted by atomic mass is 10.1. The molecule has 1 aromatic rings. The van der Waals surface area contributed by atoms with Gasteiger partial charge in [-0.05, 0) is 31.0 Å². The fourth-order valence-electron chi connectivity index (χ4n) is 2.37. The standard InChI is InChI=1S/C14H21NO2/c1-3-13-10-17-11(2)8-15(13)9-12-5-4-6-14(16)7-12/h4-7,11,13,16H,3,8-10H2,1-2H3. The SMILES string of the molecule is CCC1COC(C)CN1Cc1cccc(O)c1. The van der Waals surface area contributed by atoms with Crippen LogP contribution < -0.4 is 0 Å². The van der Waals surface area contributed by atoms with Gasteiger partial charge in [-0.25, -0.2) is 0 Å². The van der Waals surface area contributed by atoms with E-state index in [0.29, 0.717) is 17.9 Å². The van der Waals surface area contributed by atoms with Crippen molar-refractivity contribution in [2.75, 3.05) is 13.2 Å². The minimum atomic E-state index is 0.301. The molecule has 3 nitrogen and oxygen atoms in total. The van der Waals surface area contributed by atoms with Crippen LogP contribution in [0.2, 0.25) is 0 Å². The third-order valence-electron chi connectivity index (χ3n) is 3.35. The van der Waals surface area contributed by atoms with Crippen LogP contribution in [0.1, 0.15) is 25.8 Å². The lowest BCUT2D eigenvalue weighted by molar-refractivity contribution is -0.0592. The molecule has 0 spiro atoms. The van der Waals surface area contributed by atoms with Crippen molar-refractivity contribution in [3.8, 4) is 5.75 Å². The maximum absolute atomic E-state index is 9.47. The maximum Gasteiger partial charge on any atom is 0.115 e. The van der Waals surface area contributed by atoms with Crippen LogP contribution in [0.3, 0.4) is 0 Å². The number of hydrogen-bond donors (Lipinski definition) is 1. The van der Waals surface area contributed by atoms with E-state index in [1.54, 1.807) is 6.07 Å². The van der Waals surface area contributed by atoms with Crippen LogP contribution in [-0.4, -0.2) is 35.3 Å². The molecule has 0 radical (unpaired) electrons. The zero-order valence-corrected chi connectivity index (χ0v) is 10.6. The average molecular weight is 235 g/mol. The monoisotopic (exact) mass is 235 g/mol. The number of nitrogens with zero attached hydrogens (tertiary/aromatic N) is 1. The van der Waals surface area contributed by atoms with E-state index in [1.807, 2.05) is 12.1 Å². The van der Waals surface area contributed by atoms with Gasteiger partial charge in [0.05, 0.1) is 12.7 Å². The maximum atomic E-state index is 9.47. The Labute approximate surface area is 103 Å². The number of rotatable bonds is 3. The quantitative estimate of drug-likeness (QED) is 0.873. The minimum Gasteiger partial charge on any atom is -0.508 e. The van der Waals surface area contributed by atoms with Gasteiger partial charge in [0.1, 0.15) is 5.75 Å². The first-order valence-electron chi connectivity index (χ1n) is 6.32. The normalized spacial score (nSPS) is 26.0. The van der Waals surface area contributed by atoms with Crippen molar-refractivity contribution < 1.29 is 9.84 Å². The first-order chi connectivity index (χ1) is 8.19. The highest BCUT2D eigenvalue weighted by Crippen LogP contribution is 2.19. The molecule has 17 heavy (non-hydrogen) atoms. The van der Waals surface area contributed by atoms with E-state index >= 15 is 0 Å². The van der Waals surface area contributed by atoms with E-state index in [2.05, 4.69) is 24.8 Å². The van der Waals surface area contributed by atoms with Gasteiger partial charge in [-0.1, -0.05) is 19.1 Å². The van der Waals surface area contributed by atoms with Gasteiger partial charge in [-0.3, -0.25) is 4.90 Å². The molecule has 0 saturated carbocycles. The summed E-state index contributed by atoms with van der Waals surface area (Å²) < 4.78 is 5.68. The highest BCUT2D eigenvalue weighted by Gasteiger charge is 2.25. The Morgan fingerprint density at radius 3 is 3.00 bits per heavy atom. The molecule has 2 rings (SSSR count). The predicted octanol–water partition coefficient (Wildman–Crippen LogP) is 2.39. The third kappa shape index (κ3) is 3.20. The van der Waals surface area contributed by atoms with Crippen LogP contribution in [-0.2, 0) is 11.3 Å². The summed E-state index contributed by atoms with van der Waals surface area (Å²) in [6.45, 7) is 6.98. The van der Waals surface area contributed by atoms with Crippen molar-refractivity contribution in [1.82, 2.24) is 4.90 Å². The molecule has 1 aliphatic rings. The first-order valence-corrected chi connectivity index (χ1v) is 6.32. The molecule has 1 saturated heterocycles. The van der Waals surface area contributed by atoms with Gasteiger partial charge >= 0.3 is 0 Å². The van der Waals surface area contributed by atoms with Gasteiger partial charge in [0, 0.05) is 19.1 Å². The number of ether oxygens (including phenoxy) is 1. The highest BCUT2D eigenvalue weighted by molar-refractivity contribution is 5.27. The van der Waals surface area contributed by atoms with Crippen LogP contribution in [0.4, 0.5) is 0 Å². The van der Waals surface area contributed by atoms with Gasteiger partial charge in [-0.15, -0.1) is 0 Å². The van der Waals surface area contributed by atoms with E-state index in [1.165, 1.54) is 0 Å². The number of hydrogen-bond acceptors (Lipinski definition) is 3. The van der Waals surface area contributed by atoms with Crippen LogP contribution in [0.25, 0.3) is 0 Å². The van der Waals surface area contributed by atoms with E-state index in [9.17, 15) is 5.11 Å². The molecule has 1 heterocycles. The Morgan fingerprint density at radius 2 is 2.29 bits per heavy atom. The third-order valence-corrected chi connectivity index (χ3v) is 3.35. The average Bonchev–Trinajstić information content (AvgIpc) is 2.29. The second kappa shape index (κ2) is 5.52. The summed E-state index contributed by atoms with van der Waals surface area (Å²) in [6.07, 6.45) is 1.40. The van der Waals surface area contributed by atoms with E-state index in [4.69, 9.17) is 4.74 Å². The lowest BCUT2D eigenvalue weighted by Crippen LogP contribution is -2.47. The van der Waals surface area contributed by atoms with Crippen molar-refractivity contribution >= 4 is 0 Å². The zero-order chi connectivity index (χ0) is 12.3. The molecule has 94 valence electrons. The summed E-state index contributed by atoms with van der Waals surface area (Å²) in [4.78, 5) is 2.45. The van der Waals surface area contributed by atoms with E-state index in [-0.39, 0.29) is 0 Å². The summed E-state index contributed by atoms with van der Waals surface area (Å²) in [5.41, 5.74) is 1.16. The Morgan fingerprint density at radius 1 is 1.47 bits per heavy atom. The van der Waals surface area contributed by atoms with Gasteiger partial charge in [0.15, 0.2) is 0 Å². The van der Waals surface area contributed by atoms with Crippen LogP contribution in [0.15, 0.2) is 24.3 Å². The molecule has 2 atom stereocenters. The Bertz CT molecular complexity index is 367. The number of phenolic OH excluding ortho intramolecular Hbond substituents is 1. The van der Waals surface area contributed by atoms with E-state index < -0.39 is 0 Å². The summed E-state index contributed by atoms with van der Waals surface area (Å²) in [5, 5.41) is 9.47. The molecule has 0 amide bonds. The molecule has 0 aliphatic carbocycles. The molecule has 1 aliphatic heterocycles. The highest BCUT2D eigenvalue weighted by atomic mass is 16.5. The molecule has 3 heteroatoms. The molecule has 1 fully saturated rings. The Hall–Kier alpha value is -1.06. The van der Waals surface area contributed by atoms with Crippen LogP contribution in [0, 0.1) is 0 Å². The second-order valence-electron chi connectivity index (χ2n) is 4.81. The van der Waals surface area contributed by atoms with Gasteiger partial charge < -0.3 is 9.84 Å². The van der Waals surface area contributed by atoms with Gasteiger partial charge in [0.2, 0.25) is 0 Å². The fourth-order valence-corrected chi connectivity index (χ4v) is 2.37. The Kier molecular flexibility index (Phi) is 4.02. The largest absolute Gasteiger partial charge is 0.508 e. The molecule has 0 aromatic heterocycles. The van der Waals surface area contributed by atoms with Crippen molar-refractivity contribution in [1.29, 1.82) is 0 Å². The molecule has 0 bridgehead atoms. The number of benzene rings is 1. The minimum absolute atomic E-state index is 0.301. The zero-order valence-electron chi connectivity index (χ0n) is 10.6. The first kappa shape index (κ1) is 12.4. The van der Waals surface area contributed by atoms with Gasteiger partial charge in [0.25, 0.3) is 0 Å². The van der Waals surface area contributed by atoms with E-state index in [0.717, 1.165) is 31.7 Å². The summed E-state index contributed by atoms with van der Waals surface area (Å²) >= 11 is 0.